The monoisotopic (exact) mass is 384 g/mol. The van der Waals surface area contributed by atoms with Gasteiger partial charge < -0.3 is 14.3 Å². The van der Waals surface area contributed by atoms with Crippen molar-refractivity contribution in [2.75, 3.05) is 0 Å². The summed E-state index contributed by atoms with van der Waals surface area (Å²) >= 11 is 2.85. The molecular formula is C18H12N2O4S2. The van der Waals surface area contributed by atoms with Crippen LogP contribution in [0.3, 0.4) is 0 Å². The molecule has 0 aliphatic carbocycles. The molecule has 0 radical (unpaired) electrons. The van der Waals surface area contributed by atoms with Crippen LogP contribution in [0.4, 0.5) is 0 Å². The van der Waals surface area contributed by atoms with Crippen LogP contribution >= 0.6 is 22.7 Å². The molecule has 0 aliphatic rings. The van der Waals surface area contributed by atoms with E-state index in [-0.39, 0.29) is 17.4 Å². The lowest BCUT2D eigenvalue weighted by molar-refractivity contribution is 0.0941. The number of hydrogen-bond acceptors (Lipinski definition) is 7. The minimum absolute atomic E-state index is 0.00609. The van der Waals surface area contributed by atoms with Crippen molar-refractivity contribution in [2.45, 2.75) is 6.54 Å². The first-order chi connectivity index (χ1) is 12.7. The first-order valence-electron chi connectivity index (χ1n) is 7.65. The Balaban J connectivity index is 1.38. The predicted molar refractivity (Wildman–Crippen MR) is 97.4 cm³/mol. The maximum absolute atomic E-state index is 12.3. The molecule has 0 spiro atoms. The molecule has 4 heterocycles. The van der Waals surface area contributed by atoms with Crippen LogP contribution in [0.2, 0.25) is 0 Å². The normalized spacial score (nSPS) is 10.8. The highest BCUT2D eigenvalue weighted by Gasteiger charge is 2.16. The maximum Gasteiger partial charge on any atom is 0.273 e. The summed E-state index contributed by atoms with van der Waals surface area (Å²) in [7, 11) is 0. The molecule has 1 amide bonds. The van der Waals surface area contributed by atoms with Crippen LogP contribution in [0.25, 0.3) is 11.5 Å². The molecule has 0 atom stereocenters. The molecule has 0 fully saturated rings. The quantitative estimate of drug-likeness (QED) is 0.503. The minimum Gasteiger partial charge on any atom is -0.461 e. The SMILES string of the molecule is O=C(NCc1ccc(C(=O)c2ccsc2)s1)c1cc(-c2ccco2)on1. The standard InChI is InChI=1S/C18H12N2O4S2/c21-17(11-5-7-25-10-11)16-4-3-12(26-16)9-19-18(22)13-8-15(24-20-13)14-2-1-6-23-14/h1-8,10H,9H2,(H,19,22). The first kappa shape index (κ1) is 16.5. The number of carbonyl (C=O) groups excluding carboxylic acids is 2. The van der Waals surface area contributed by atoms with Crippen molar-refractivity contribution in [1.82, 2.24) is 10.5 Å². The van der Waals surface area contributed by atoms with Crippen LogP contribution in [0, 0.1) is 0 Å². The molecule has 4 aromatic rings. The fraction of sp³-hybridized carbons (Fsp3) is 0.0556. The molecule has 8 heteroatoms. The Morgan fingerprint density at radius 3 is 2.85 bits per heavy atom. The fourth-order valence-electron chi connectivity index (χ4n) is 2.31. The Hall–Kier alpha value is -2.97. The topological polar surface area (TPSA) is 85.3 Å². The minimum atomic E-state index is -0.356. The highest BCUT2D eigenvalue weighted by Crippen LogP contribution is 2.22. The first-order valence-corrected chi connectivity index (χ1v) is 9.41. The van der Waals surface area contributed by atoms with E-state index in [1.807, 2.05) is 16.8 Å². The predicted octanol–water partition coefficient (Wildman–Crippen LogP) is 4.22. The third-order valence-corrected chi connectivity index (χ3v) is 5.37. The van der Waals surface area contributed by atoms with Gasteiger partial charge in [0.25, 0.3) is 5.91 Å². The second-order valence-electron chi connectivity index (χ2n) is 5.34. The van der Waals surface area contributed by atoms with Crippen LogP contribution in [0.5, 0.6) is 0 Å². The van der Waals surface area contributed by atoms with Crippen molar-refractivity contribution in [3.63, 3.8) is 0 Å². The molecule has 0 bridgehead atoms. The summed E-state index contributed by atoms with van der Waals surface area (Å²) in [5.74, 6) is 0.533. The largest absolute Gasteiger partial charge is 0.461 e. The third-order valence-electron chi connectivity index (χ3n) is 3.60. The molecule has 0 aromatic carbocycles. The summed E-state index contributed by atoms with van der Waals surface area (Å²) in [4.78, 5) is 26.0. The Morgan fingerprint density at radius 2 is 2.08 bits per heavy atom. The highest BCUT2D eigenvalue weighted by molar-refractivity contribution is 7.14. The van der Waals surface area contributed by atoms with E-state index in [0.717, 1.165) is 4.88 Å². The van der Waals surface area contributed by atoms with Gasteiger partial charge in [0.2, 0.25) is 11.5 Å². The molecule has 1 N–H and O–H groups in total. The van der Waals surface area contributed by atoms with Gasteiger partial charge in [0.1, 0.15) is 0 Å². The number of nitrogens with zero attached hydrogens (tertiary/aromatic N) is 1. The number of amides is 1. The zero-order valence-corrected chi connectivity index (χ0v) is 14.9. The van der Waals surface area contributed by atoms with Crippen molar-refractivity contribution in [1.29, 1.82) is 0 Å². The van der Waals surface area contributed by atoms with Crippen molar-refractivity contribution in [3.8, 4) is 11.5 Å². The van der Waals surface area contributed by atoms with Crippen molar-refractivity contribution in [2.24, 2.45) is 0 Å². The Kier molecular flexibility index (Phi) is 4.51. The van der Waals surface area contributed by atoms with Gasteiger partial charge in [-0.25, -0.2) is 0 Å². The summed E-state index contributed by atoms with van der Waals surface area (Å²) in [6.07, 6.45) is 1.52. The lowest BCUT2D eigenvalue weighted by Gasteiger charge is -1.99. The summed E-state index contributed by atoms with van der Waals surface area (Å²) in [6.45, 7) is 0.309. The molecule has 0 saturated carbocycles. The van der Waals surface area contributed by atoms with E-state index in [1.165, 1.54) is 35.0 Å². The lowest BCUT2D eigenvalue weighted by atomic mass is 10.2. The smallest absolute Gasteiger partial charge is 0.273 e. The Bertz CT molecular complexity index is 1030. The number of aromatic nitrogens is 1. The van der Waals surface area contributed by atoms with E-state index in [9.17, 15) is 9.59 Å². The molecule has 0 aliphatic heterocycles. The molecule has 4 aromatic heterocycles. The second kappa shape index (κ2) is 7.11. The van der Waals surface area contributed by atoms with Crippen LogP contribution in [0.1, 0.15) is 30.6 Å². The second-order valence-corrected chi connectivity index (χ2v) is 7.29. The van der Waals surface area contributed by atoms with Crippen molar-refractivity contribution >= 4 is 34.4 Å². The van der Waals surface area contributed by atoms with Gasteiger partial charge in [0.15, 0.2) is 11.5 Å². The zero-order valence-electron chi connectivity index (χ0n) is 13.3. The molecule has 26 heavy (non-hydrogen) atoms. The number of thiophene rings is 2. The average molecular weight is 384 g/mol. The zero-order chi connectivity index (χ0) is 17.9. The van der Waals surface area contributed by atoms with Gasteiger partial charge in [0, 0.05) is 21.9 Å². The summed E-state index contributed by atoms with van der Waals surface area (Å²) in [5.41, 5.74) is 0.850. The molecule has 0 unspecified atom stereocenters. The molecule has 4 rings (SSSR count). The molecule has 6 nitrogen and oxygen atoms in total. The van der Waals surface area contributed by atoms with Gasteiger partial charge in [-0.1, -0.05) is 5.16 Å². The van der Waals surface area contributed by atoms with Gasteiger partial charge in [-0.2, -0.15) is 11.3 Å². The van der Waals surface area contributed by atoms with Gasteiger partial charge in [-0.3, -0.25) is 9.59 Å². The van der Waals surface area contributed by atoms with Gasteiger partial charge >= 0.3 is 0 Å². The van der Waals surface area contributed by atoms with Crippen LogP contribution in [0.15, 0.2) is 62.4 Å². The van der Waals surface area contributed by atoms with E-state index < -0.39 is 0 Å². The summed E-state index contributed by atoms with van der Waals surface area (Å²) < 4.78 is 10.3. The Morgan fingerprint density at radius 1 is 1.15 bits per heavy atom. The van der Waals surface area contributed by atoms with Crippen molar-refractivity contribution < 1.29 is 18.5 Å². The van der Waals surface area contributed by atoms with Gasteiger partial charge in [-0.15, -0.1) is 11.3 Å². The fourth-order valence-corrected chi connectivity index (χ4v) is 3.85. The van der Waals surface area contributed by atoms with Gasteiger partial charge in [-0.05, 0) is 35.7 Å². The molecule has 130 valence electrons. The number of carbonyl (C=O) groups is 2. The number of rotatable bonds is 6. The van der Waals surface area contributed by atoms with Crippen LogP contribution in [-0.2, 0) is 6.54 Å². The average Bonchev–Trinajstić information content (AvgIpc) is 3.44. The van der Waals surface area contributed by atoms with E-state index in [1.54, 1.807) is 24.3 Å². The van der Waals surface area contributed by atoms with Crippen molar-refractivity contribution in [3.05, 3.63) is 74.4 Å². The molecule has 0 saturated heterocycles. The third kappa shape index (κ3) is 3.37. The Labute approximate surface area is 156 Å². The maximum atomic E-state index is 12.3. The molecular weight excluding hydrogens is 372 g/mol. The number of furan rings is 1. The van der Waals surface area contributed by atoms with E-state index >= 15 is 0 Å². The van der Waals surface area contributed by atoms with E-state index in [2.05, 4.69) is 10.5 Å². The van der Waals surface area contributed by atoms with E-state index in [4.69, 9.17) is 8.94 Å². The number of ketones is 1. The number of nitrogens with one attached hydrogen (secondary N) is 1. The summed E-state index contributed by atoms with van der Waals surface area (Å²) in [5, 5.41) is 10.2. The summed E-state index contributed by atoms with van der Waals surface area (Å²) in [6, 6.07) is 10.4. The lowest BCUT2D eigenvalue weighted by Crippen LogP contribution is -2.22. The highest BCUT2D eigenvalue weighted by atomic mass is 32.1. The van der Waals surface area contributed by atoms with Crippen LogP contribution in [-0.4, -0.2) is 16.8 Å². The van der Waals surface area contributed by atoms with Gasteiger partial charge in [0.05, 0.1) is 17.7 Å². The van der Waals surface area contributed by atoms with E-state index in [0.29, 0.717) is 28.5 Å². The van der Waals surface area contributed by atoms with Crippen LogP contribution < -0.4 is 5.32 Å². The number of hydrogen-bond donors (Lipinski definition) is 1.